The van der Waals surface area contributed by atoms with Crippen LogP contribution in [-0.2, 0) is 6.54 Å². The molecule has 0 radical (unpaired) electrons. The molecule has 1 aromatic heterocycles. The fraction of sp³-hybridized carbons (Fsp3) is 0.667. The Morgan fingerprint density at radius 3 is 2.42 bits per heavy atom. The first-order valence-corrected chi connectivity index (χ1v) is 5.16. The Balaban J connectivity index is 2.83. The van der Waals surface area contributed by atoms with E-state index < -0.39 is 0 Å². The molecule has 0 spiro atoms. The molecular weight excluding hydrogens is 263 g/mol. The Hall–Kier alpha value is -0.0600. The summed E-state index contributed by atoms with van der Waals surface area (Å²) in [5.41, 5.74) is 1.57. The highest BCUT2D eigenvalue weighted by molar-refractivity contribution is 14.1. The van der Waals surface area contributed by atoms with Crippen LogP contribution in [0.15, 0.2) is 6.20 Å². The smallest absolute Gasteiger partial charge is 0.0626 e. The van der Waals surface area contributed by atoms with Crippen molar-refractivity contribution in [3.8, 4) is 0 Å². The van der Waals surface area contributed by atoms with Gasteiger partial charge in [0.05, 0.1) is 9.77 Å². The van der Waals surface area contributed by atoms with Crippen molar-refractivity contribution in [1.29, 1.82) is 0 Å². The zero-order chi connectivity index (χ0) is 9.35. The molecule has 12 heavy (non-hydrogen) atoms. The summed E-state index contributed by atoms with van der Waals surface area (Å²) in [6, 6.07) is 0. The average Bonchev–Trinajstić information content (AvgIpc) is 2.16. The third-order valence-corrected chi connectivity index (χ3v) is 2.73. The van der Waals surface area contributed by atoms with E-state index in [4.69, 9.17) is 0 Å². The number of rotatable bonds is 1. The van der Waals surface area contributed by atoms with Gasteiger partial charge in [0.15, 0.2) is 0 Å². The third kappa shape index (κ3) is 2.47. The van der Waals surface area contributed by atoms with Crippen molar-refractivity contribution in [2.24, 2.45) is 5.41 Å². The summed E-state index contributed by atoms with van der Waals surface area (Å²) < 4.78 is 3.32. The molecule has 0 aliphatic heterocycles. The molecule has 0 aliphatic rings. The Morgan fingerprint density at radius 2 is 2.08 bits per heavy atom. The lowest BCUT2D eigenvalue weighted by molar-refractivity contribution is 0.321. The molecule has 0 N–H and O–H groups in total. The summed E-state index contributed by atoms with van der Waals surface area (Å²) in [5.74, 6) is 0. The van der Waals surface area contributed by atoms with Gasteiger partial charge < -0.3 is 0 Å². The molecule has 0 aliphatic carbocycles. The van der Waals surface area contributed by atoms with Gasteiger partial charge in [-0.05, 0) is 34.9 Å². The summed E-state index contributed by atoms with van der Waals surface area (Å²) in [6.07, 6.45) is 1.92. The first-order valence-electron chi connectivity index (χ1n) is 4.08. The highest BCUT2D eigenvalue weighted by Gasteiger charge is 2.13. The van der Waals surface area contributed by atoms with Crippen LogP contribution in [-0.4, -0.2) is 9.78 Å². The van der Waals surface area contributed by atoms with E-state index >= 15 is 0 Å². The number of halogens is 1. The molecule has 0 amide bonds. The number of hydrogen-bond donors (Lipinski definition) is 0. The van der Waals surface area contributed by atoms with E-state index in [1.807, 2.05) is 6.20 Å². The highest BCUT2D eigenvalue weighted by atomic mass is 127. The Bertz CT molecular complexity index is 271. The number of hydrogen-bond acceptors (Lipinski definition) is 1. The van der Waals surface area contributed by atoms with E-state index in [0.29, 0.717) is 5.41 Å². The summed E-state index contributed by atoms with van der Waals surface area (Å²) in [4.78, 5) is 0. The highest BCUT2D eigenvalue weighted by Crippen LogP contribution is 2.18. The number of aromatic nitrogens is 2. The lowest BCUT2D eigenvalue weighted by atomic mass is 9.97. The molecule has 0 saturated carbocycles. The second-order valence-corrected chi connectivity index (χ2v) is 5.46. The minimum absolute atomic E-state index is 0.305. The van der Waals surface area contributed by atoms with E-state index in [-0.39, 0.29) is 0 Å². The first-order chi connectivity index (χ1) is 5.40. The molecule has 1 aromatic rings. The van der Waals surface area contributed by atoms with Crippen molar-refractivity contribution in [1.82, 2.24) is 9.78 Å². The topological polar surface area (TPSA) is 17.8 Å². The van der Waals surface area contributed by atoms with E-state index in [1.54, 1.807) is 0 Å². The molecule has 68 valence electrons. The molecule has 3 heteroatoms. The first kappa shape index (κ1) is 10.0. The van der Waals surface area contributed by atoms with Crippen LogP contribution in [0.25, 0.3) is 0 Å². The molecule has 1 heterocycles. The lowest BCUT2D eigenvalue weighted by Gasteiger charge is -2.18. The van der Waals surface area contributed by atoms with Crippen molar-refractivity contribution >= 4 is 22.6 Å². The fourth-order valence-electron chi connectivity index (χ4n) is 1.03. The third-order valence-electron chi connectivity index (χ3n) is 1.67. The Kier molecular flexibility index (Phi) is 2.81. The Labute approximate surface area is 87.5 Å². The quantitative estimate of drug-likeness (QED) is 0.722. The zero-order valence-electron chi connectivity index (χ0n) is 8.06. The van der Waals surface area contributed by atoms with Gasteiger partial charge in [-0.25, -0.2) is 0 Å². The maximum atomic E-state index is 4.31. The van der Waals surface area contributed by atoms with Crippen molar-refractivity contribution in [2.75, 3.05) is 0 Å². The maximum absolute atomic E-state index is 4.31. The van der Waals surface area contributed by atoms with Gasteiger partial charge in [-0.2, -0.15) is 5.10 Å². The molecular formula is C9H15IN2. The molecule has 0 unspecified atom stereocenters. The van der Waals surface area contributed by atoms with E-state index in [1.165, 1.54) is 9.26 Å². The summed E-state index contributed by atoms with van der Waals surface area (Å²) >= 11 is 2.31. The van der Waals surface area contributed by atoms with Crippen LogP contribution in [0.2, 0.25) is 0 Å². The van der Waals surface area contributed by atoms with E-state index in [0.717, 1.165) is 6.54 Å². The van der Waals surface area contributed by atoms with Gasteiger partial charge in [0.1, 0.15) is 0 Å². The summed E-state index contributed by atoms with van der Waals surface area (Å²) in [5, 5.41) is 4.31. The molecule has 1 rings (SSSR count). The minimum Gasteiger partial charge on any atom is -0.268 e. The van der Waals surface area contributed by atoms with Crippen LogP contribution in [0.5, 0.6) is 0 Å². The normalized spacial score (nSPS) is 12.1. The van der Waals surface area contributed by atoms with Gasteiger partial charge in [-0.1, -0.05) is 20.8 Å². The minimum atomic E-state index is 0.305. The zero-order valence-corrected chi connectivity index (χ0v) is 10.2. The van der Waals surface area contributed by atoms with Crippen LogP contribution in [0, 0.1) is 15.9 Å². The SMILES string of the molecule is Cc1c(I)cnn1CC(C)(C)C. The predicted octanol–water partition coefficient (Wildman–Crippen LogP) is 2.84. The Morgan fingerprint density at radius 1 is 1.50 bits per heavy atom. The van der Waals surface area contributed by atoms with Crippen molar-refractivity contribution in [2.45, 2.75) is 34.2 Å². The number of nitrogens with zero attached hydrogens (tertiary/aromatic N) is 2. The molecule has 0 bridgehead atoms. The van der Waals surface area contributed by atoms with Gasteiger partial charge in [0, 0.05) is 12.2 Å². The van der Waals surface area contributed by atoms with Crippen LogP contribution >= 0.6 is 22.6 Å². The van der Waals surface area contributed by atoms with Gasteiger partial charge in [-0.15, -0.1) is 0 Å². The van der Waals surface area contributed by atoms with Crippen molar-refractivity contribution in [3.63, 3.8) is 0 Å². The molecule has 0 atom stereocenters. The van der Waals surface area contributed by atoms with E-state index in [2.05, 4.69) is 60.1 Å². The molecule has 0 aromatic carbocycles. The van der Waals surface area contributed by atoms with Gasteiger partial charge in [-0.3, -0.25) is 4.68 Å². The van der Waals surface area contributed by atoms with Gasteiger partial charge in [0.2, 0.25) is 0 Å². The van der Waals surface area contributed by atoms with Crippen molar-refractivity contribution < 1.29 is 0 Å². The van der Waals surface area contributed by atoms with Crippen molar-refractivity contribution in [3.05, 3.63) is 15.5 Å². The van der Waals surface area contributed by atoms with Crippen LogP contribution in [0.3, 0.4) is 0 Å². The monoisotopic (exact) mass is 278 g/mol. The van der Waals surface area contributed by atoms with Crippen LogP contribution < -0.4 is 0 Å². The molecule has 0 fully saturated rings. The largest absolute Gasteiger partial charge is 0.268 e. The standard InChI is InChI=1S/C9H15IN2/c1-7-8(10)5-11-12(7)6-9(2,3)4/h5H,6H2,1-4H3. The van der Waals surface area contributed by atoms with Crippen LogP contribution in [0.1, 0.15) is 26.5 Å². The fourth-order valence-corrected chi connectivity index (χ4v) is 1.44. The van der Waals surface area contributed by atoms with Gasteiger partial charge >= 0.3 is 0 Å². The maximum Gasteiger partial charge on any atom is 0.0626 e. The second kappa shape index (κ2) is 3.36. The van der Waals surface area contributed by atoms with E-state index in [9.17, 15) is 0 Å². The van der Waals surface area contributed by atoms with Crippen LogP contribution in [0.4, 0.5) is 0 Å². The lowest BCUT2D eigenvalue weighted by Crippen LogP contribution is -2.17. The predicted molar refractivity (Wildman–Crippen MR) is 59.1 cm³/mol. The molecule has 0 saturated heterocycles. The molecule has 2 nitrogen and oxygen atoms in total. The average molecular weight is 278 g/mol. The summed E-state index contributed by atoms with van der Waals surface area (Å²) in [7, 11) is 0. The summed E-state index contributed by atoms with van der Waals surface area (Å²) in [6.45, 7) is 9.77. The second-order valence-electron chi connectivity index (χ2n) is 4.30. The van der Waals surface area contributed by atoms with Gasteiger partial charge in [0.25, 0.3) is 0 Å².